The number of nitrogens with two attached hydrogens (primary N) is 1. The van der Waals surface area contributed by atoms with E-state index in [-0.39, 0.29) is 5.92 Å². The van der Waals surface area contributed by atoms with Crippen molar-refractivity contribution in [3.63, 3.8) is 0 Å². The van der Waals surface area contributed by atoms with Crippen molar-refractivity contribution < 1.29 is 5.11 Å². The van der Waals surface area contributed by atoms with Crippen LogP contribution in [0.5, 0.6) is 0 Å². The van der Waals surface area contributed by atoms with E-state index in [0.717, 1.165) is 16.7 Å². The maximum atomic E-state index is 10.6. The Morgan fingerprint density at radius 3 is 2.39 bits per heavy atom. The van der Waals surface area contributed by atoms with Gasteiger partial charge in [0.25, 0.3) is 0 Å². The van der Waals surface area contributed by atoms with Gasteiger partial charge < -0.3 is 10.8 Å². The number of rotatable bonds is 4. The third kappa shape index (κ3) is 2.48. The number of aryl methyl sites for hydroxylation is 2. The molecule has 1 aromatic carbocycles. The molecule has 2 atom stereocenters. The lowest BCUT2D eigenvalue weighted by atomic mass is 9.87. The second-order valence-electron chi connectivity index (χ2n) is 4.65. The highest BCUT2D eigenvalue weighted by Gasteiger charge is 2.24. The molecule has 2 rings (SSSR count). The van der Waals surface area contributed by atoms with Crippen molar-refractivity contribution in [2.75, 3.05) is 6.54 Å². The summed E-state index contributed by atoms with van der Waals surface area (Å²) in [5.74, 6) is -0.0421. The van der Waals surface area contributed by atoms with Gasteiger partial charge in [-0.05, 0) is 46.9 Å². The highest BCUT2D eigenvalue weighted by molar-refractivity contribution is 7.08. The molecule has 2 nitrogen and oxygen atoms in total. The van der Waals surface area contributed by atoms with Crippen molar-refractivity contribution in [1.82, 2.24) is 0 Å². The van der Waals surface area contributed by atoms with E-state index in [0.29, 0.717) is 6.54 Å². The number of thiophene rings is 1. The maximum absolute atomic E-state index is 10.6. The minimum absolute atomic E-state index is 0.0421. The van der Waals surface area contributed by atoms with Crippen LogP contribution >= 0.6 is 11.3 Å². The Bertz CT molecular complexity index is 521. The van der Waals surface area contributed by atoms with Gasteiger partial charge in [0.2, 0.25) is 0 Å². The van der Waals surface area contributed by atoms with Crippen molar-refractivity contribution in [1.29, 1.82) is 0 Å². The molecule has 18 heavy (non-hydrogen) atoms. The van der Waals surface area contributed by atoms with Crippen LogP contribution in [0, 0.1) is 13.8 Å². The first-order valence-corrected chi connectivity index (χ1v) is 7.05. The van der Waals surface area contributed by atoms with Gasteiger partial charge in [-0.3, -0.25) is 0 Å². The number of benzene rings is 1. The molecule has 0 bridgehead atoms. The van der Waals surface area contributed by atoms with Gasteiger partial charge in [-0.2, -0.15) is 11.3 Å². The molecule has 0 aliphatic rings. The summed E-state index contributed by atoms with van der Waals surface area (Å²) >= 11 is 1.62. The number of hydrogen-bond donors (Lipinski definition) is 2. The van der Waals surface area contributed by atoms with Gasteiger partial charge >= 0.3 is 0 Å². The van der Waals surface area contributed by atoms with Crippen molar-refractivity contribution in [2.24, 2.45) is 5.73 Å². The fourth-order valence-corrected chi connectivity index (χ4v) is 3.20. The average Bonchev–Trinajstić information content (AvgIpc) is 2.78. The van der Waals surface area contributed by atoms with E-state index in [1.165, 1.54) is 5.56 Å². The van der Waals surface area contributed by atoms with Crippen LogP contribution in [0.3, 0.4) is 0 Å². The molecule has 0 saturated carbocycles. The van der Waals surface area contributed by atoms with Crippen molar-refractivity contribution in [2.45, 2.75) is 25.9 Å². The SMILES string of the molecule is Cc1cscc1C(O)C(CN)c1ccccc1C. The van der Waals surface area contributed by atoms with Gasteiger partial charge in [0, 0.05) is 12.5 Å². The van der Waals surface area contributed by atoms with Gasteiger partial charge in [0.15, 0.2) is 0 Å². The molecule has 0 spiro atoms. The highest BCUT2D eigenvalue weighted by atomic mass is 32.1. The predicted octanol–water partition coefficient (Wildman–Crippen LogP) is 3.14. The normalized spacial score (nSPS) is 14.4. The summed E-state index contributed by atoms with van der Waals surface area (Å²) in [4.78, 5) is 0. The third-order valence-corrected chi connectivity index (χ3v) is 4.32. The van der Waals surface area contributed by atoms with E-state index in [1.54, 1.807) is 11.3 Å². The monoisotopic (exact) mass is 261 g/mol. The van der Waals surface area contributed by atoms with E-state index in [9.17, 15) is 5.11 Å². The highest BCUT2D eigenvalue weighted by Crippen LogP contribution is 2.34. The van der Waals surface area contributed by atoms with E-state index in [2.05, 4.69) is 24.4 Å². The molecule has 0 aliphatic heterocycles. The molecule has 96 valence electrons. The lowest BCUT2D eigenvalue weighted by molar-refractivity contribution is 0.147. The molecule has 0 amide bonds. The largest absolute Gasteiger partial charge is 0.388 e. The predicted molar refractivity (Wildman–Crippen MR) is 77.0 cm³/mol. The minimum atomic E-state index is -0.526. The average molecular weight is 261 g/mol. The Balaban J connectivity index is 2.35. The van der Waals surface area contributed by atoms with E-state index in [1.807, 2.05) is 24.4 Å². The minimum Gasteiger partial charge on any atom is -0.388 e. The summed E-state index contributed by atoms with van der Waals surface area (Å²) in [5, 5.41) is 14.6. The summed E-state index contributed by atoms with van der Waals surface area (Å²) in [6, 6.07) is 8.12. The van der Waals surface area contributed by atoms with E-state index < -0.39 is 6.10 Å². The van der Waals surface area contributed by atoms with Gasteiger partial charge in [0.05, 0.1) is 6.10 Å². The maximum Gasteiger partial charge on any atom is 0.0881 e. The zero-order chi connectivity index (χ0) is 13.1. The van der Waals surface area contributed by atoms with Crippen LogP contribution in [0.4, 0.5) is 0 Å². The van der Waals surface area contributed by atoms with Gasteiger partial charge in [-0.1, -0.05) is 24.3 Å². The Kier molecular flexibility index (Phi) is 4.17. The second-order valence-corrected chi connectivity index (χ2v) is 5.40. The number of aliphatic hydroxyl groups is 1. The molecule has 0 aliphatic carbocycles. The van der Waals surface area contributed by atoms with Crippen LogP contribution < -0.4 is 5.73 Å². The molecular formula is C15H19NOS. The van der Waals surface area contributed by atoms with Crippen LogP contribution in [-0.2, 0) is 0 Å². The fraction of sp³-hybridized carbons (Fsp3) is 0.333. The zero-order valence-corrected chi connectivity index (χ0v) is 11.6. The number of hydrogen-bond acceptors (Lipinski definition) is 3. The first-order chi connectivity index (χ1) is 8.65. The summed E-state index contributed by atoms with van der Waals surface area (Å²) in [5.41, 5.74) is 10.3. The molecule has 2 unspecified atom stereocenters. The van der Waals surface area contributed by atoms with E-state index in [4.69, 9.17) is 5.73 Å². The van der Waals surface area contributed by atoms with Crippen LogP contribution in [0.2, 0.25) is 0 Å². The molecule has 1 aromatic heterocycles. The second kappa shape index (κ2) is 5.65. The molecular weight excluding hydrogens is 242 g/mol. The lowest BCUT2D eigenvalue weighted by Gasteiger charge is -2.23. The molecule has 3 N–H and O–H groups in total. The molecule has 3 heteroatoms. The van der Waals surface area contributed by atoms with Crippen molar-refractivity contribution >= 4 is 11.3 Å². The molecule has 0 fully saturated rings. The smallest absolute Gasteiger partial charge is 0.0881 e. The third-order valence-electron chi connectivity index (χ3n) is 3.44. The molecule has 0 radical (unpaired) electrons. The summed E-state index contributed by atoms with van der Waals surface area (Å²) in [7, 11) is 0. The summed E-state index contributed by atoms with van der Waals surface area (Å²) in [6.45, 7) is 4.53. The Hall–Kier alpha value is -1.16. The standard InChI is InChI=1S/C15H19NOS/c1-10-5-3-4-6-12(10)13(7-16)15(17)14-9-18-8-11(14)2/h3-6,8-9,13,15,17H,7,16H2,1-2H3. The van der Waals surface area contributed by atoms with Crippen LogP contribution in [0.15, 0.2) is 35.0 Å². The van der Waals surface area contributed by atoms with E-state index >= 15 is 0 Å². The lowest BCUT2D eigenvalue weighted by Crippen LogP contribution is -2.21. The topological polar surface area (TPSA) is 46.2 Å². The quantitative estimate of drug-likeness (QED) is 0.888. The Morgan fingerprint density at radius 2 is 1.83 bits per heavy atom. The Labute approximate surface area is 112 Å². The van der Waals surface area contributed by atoms with Crippen molar-refractivity contribution in [3.05, 3.63) is 57.3 Å². The number of aliphatic hydroxyl groups excluding tert-OH is 1. The fourth-order valence-electron chi connectivity index (χ4n) is 2.32. The van der Waals surface area contributed by atoms with Gasteiger partial charge in [-0.25, -0.2) is 0 Å². The zero-order valence-electron chi connectivity index (χ0n) is 10.8. The Morgan fingerprint density at radius 1 is 1.11 bits per heavy atom. The summed E-state index contributed by atoms with van der Waals surface area (Å²) in [6.07, 6.45) is -0.526. The van der Waals surface area contributed by atoms with Crippen LogP contribution in [0.1, 0.15) is 34.3 Å². The first-order valence-electron chi connectivity index (χ1n) is 6.11. The molecule has 2 aromatic rings. The van der Waals surface area contributed by atoms with Crippen LogP contribution in [-0.4, -0.2) is 11.7 Å². The molecule has 0 saturated heterocycles. The van der Waals surface area contributed by atoms with Crippen LogP contribution in [0.25, 0.3) is 0 Å². The summed E-state index contributed by atoms with van der Waals surface area (Å²) < 4.78 is 0. The van der Waals surface area contributed by atoms with Gasteiger partial charge in [-0.15, -0.1) is 0 Å². The van der Waals surface area contributed by atoms with Gasteiger partial charge in [0.1, 0.15) is 0 Å². The first kappa shape index (κ1) is 13.3. The van der Waals surface area contributed by atoms with Crippen molar-refractivity contribution in [3.8, 4) is 0 Å². The molecule has 1 heterocycles.